The van der Waals surface area contributed by atoms with Gasteiger partial charge in [0.2, 0.25) is 5.78 Å². The van der Waals surface area contributed by atoms with Crippen LogP contribution in [-0.2, 0) is 11.3 Å². The van der Waals surface area contributed by atoms with E-state index in [9.17, 15) is 4.79 Å². The molecule has 0 radical (unpaired) electrons. The molecule has 20 heavy (non-hydrogen) atoms. The molecule has 0 atom stereocenters. The van der Waals surface area contributed by atoms with Gasteiger partial charge in [-0.15, -0.1) is 0 Å². The van der Waals surface area contributed by atoms with E-state index in [0.29, 0.717) is 13.0 Å². The molecule has 0 unspecified atom stereocenters. The Morgan fingerprint density at radius 3 is 2.85 bits per heavy atom. The molecule has 2 rings (SSSR count). The quantitative estimate of drug-likeness (QED) is 0.868. The van der Waals surface area contributed by atoms with Gasteiger partial charge in [0, 0.05) is 30.6 Å². The van der Waals surface area contributed by atoms with Gasteiger partial charge in [0.15, 0.2) is 0 Å². The molecule has 0 saturated carbocycles. The van der Waals surface area contributed by atoms with Crippen LogP contribution in [0.5, 0.6) is 0 Å². The van der Waals surface area contributed by atoms with Crippen molar-refractivity contribution >= 4 is 11.7 Å². The molecule has 1 N–H and O–H groups in total. The summed E-state index contributed by atoms with van der Waals surface area (Å²) in [5.74, 6) is -0.0298. The molecule has 2 heterocycles. The Kier molecular flexibility index (Phi) is 4.34. The average molecular weight is 276 g/mol. The van der Waals surface area contributed by atoms with Gasteiger partial charge in [-0.3, -0.25) is 9.20 Å². The Hall–Kier alpha value is -1.95. The maximum absolute atomic E-state index is 10.5. The van der Waals surface area contributed by atoms with Gasteiger partial charge in [0.25, 0.3) is 0 Å². The van der Waals surface area contributed by atoms with Crippen molar-refractivity contribution in [1.82, 2.24) is 19.3 Å². The van der Waals surface area contributed by atoms with Crippen molar-refractivity contribution in [2.45, 2.75) is 33.2 Å². The highest BCUT2D eigenvalue weighted by molar-refractivity contribution is 5.66. The molecule has 108 valence electrons. The van der Waals surface area contributed by atoms with Crippen LogP contribution in [0.4, 0.5) is 0 Å². The summed E-state index contributed by atoms with van der Waals surface area (Å²) in [6.07, 6.45) is 2.84. The standard InChI is InChI=1S/C14H20N4O2/c1-10-7-11(2)18-9-12(16-14(18)15-10)8-17(3)6-4-5-13(19)20/h7,9H,4-6,8H2,1-3H3,(H,19,20). The number of fused-ring (bicyclic) bond motifs is 1. The van der Waals surface area contributed by atoms with E-state index in [1.54, 1.807) is 0 Å². The number of carboxylic acid groups (broad SMARTS) is 1. The Balaban J connectivity index is 2.03. The summed E-state index contributed by atoms with van der Waals surface area (Å²) in [5.41, 5.74) is 3.02. The zero-order chi connectivity index (χ0) is 14.7. The summed E-state index contributed by atoms with van der Waals surface area (Å²) in [5, 5.41) is 8.63. The second-order valence-electron chi connectivity index (χ2n) is 5.18. The summed E-state index contributed by atoms with van der Waals surface area (Å²) in [6, 6.07) is 2.02. The van der Waals surface area contributed by atoms with Gasteiger partial charge in [-0.25, -0.2) is 9.97 Å². The predicted molar refractivity (Wildman–Crippen MR) is 75.7 cm³/mol. The number of hydrogen-bond donors (Lipinski definition) is 1. The van der Waals surface area contributed by atoms with Crippen LogP contribution < -0.4 is 0 Å². The second kappa shape index (κ2) is 6.00. The van der Waals surface area contributed by atoms with Crippen LogP contribution in [0.3, 0.4) is 0 Å². The first kappa shape index (κ1) is 14.5. The molecular formula is C14H20N4O2. The highest BCUT2D eigenvalue weighted by Crippen LogP contribution is 2.10. The zero-order valence-corrected chi connectivity index (χ0v) is 12.1. The van der Waals surface area contributed by atoms with Crippen molar-refractivity contribution in [3.05, 3.63) is 29.3 Å². The molecule has 0 aliphatic rings. The van der Waals surface area contributed by atoms with E-state index >= 15 is 0 Å². The smallest absolute Gasteiger partial charge is 0.303 e. The molecule has 6 nitrogen and oxygen atoms in total. The lowest BCUT2D eigenvalue weighted by Gasteiger charge is -2.13. The second-order valence-corrected chi connectivity index (χ2v) is 5.18. The normalized spacial score (nSPS) is 11.4. The molecule has 0 spiro atoms. The van der Waals surface area contributed by atoms with Crippen molar-refractivity contribution < 1.29 is 9.90 Å². The van der Waals surface area contributed by atoms with E-state index in [1.165, 1.54) is 0 Å². The lowest BCUT2D eigenvalue weighted by molar-refractivity contribution is -0.137. The van der Waals surface area contributed by atoms with Crippen LogP contribution in [0.25, 0.3) is 5.78 Å². The zero-order valence-electron chi connectivity index (χ0n) is 12.1. The topological polar surface area (TPSA) is 70.7 Å². The third-order valence-corrected chi connectivity index (χ3v) is 3.17. The number of carbonyl (C=O) groups is 1. The summed E-state index contributed by atoms with van der Waals surface area (Å²) < 4.78 is 1.98. The van der Waals surface area contributed by atoms with E-state index < -0.39 is 5.97 Å². The molecule has 0 saturated heterocycles. The van der Waals surface area contributed by atoms with E-state index in [0.717, 1.165) is 29.4 Å². The highest BCUT2D eigenvalue weighted by Gasteiger charge is 2.08. The molecule has 2 aromatic heterocycles. The fourth-order valence-electron chi connectivity index (χ4n) is 2.25. The Labute approximate surface area is 118 Å². The van der Waals surface area contributed by atoms with Gasteiger partial charge >= 0.3 is 5.97 Å². The number of nitrogens with zero attached hydrogens (tertiary/aromatic N) is 4. The van der Waals surface area contributed by atoms with Crippen LogP contribution in [0.2, 0.25) is 0 Å². The SMILES string of the molecule is Cc1cc(C)n2cc(CN(C)CCCC(=O)O)nc2n1. The first-order chi connectivity index (χ1) is 9.45. The Bertz CT molecular complexity index is 621. The van der Waals surface area contributed by atoms with Crippen molar-refractivity contribution in [1.29, 1.82) is 0 Å². The van der Waals surface area contributed by atoms with Crippen LogP contribution in [-0.4, -0.2) is 43.9 Å². The molecule has 0 bridgehead atoms. The lowest BCUT2D eigenvalue weighted by Crippen LogP contribution is -2.20. The number of hydrogen-bond acceptors (Lipinski definition) is 4. The Morgan fingerprint density at radius 2 is 2.15 bits per heavy atom. The maximum Gasteiger partial charge on any atom is 0.303 e. The van der Waals surface area contributed by atoms with E-state index in [4.69, 9.17) is 5.11 Å². The molecular weight excluding hydrogens is 256 g/mol. The number of rotatable bonds is 6. The molecule has 6 heteroatoms. The Morgan fingerprint density at radius 1 is 1.40 bits per heavy atom. The van der Waals surface area contributed by atoms with E-state index in [-0.39, 0.29) is 6.42 Å². The minimum absolute atomic E-state index is 0.204. The number of carboxylic acids is 1. The number of aliphatic carboxylic acids is 1. The van der Waals surface area contributed by atoms with E-state index in [2.05, 4.69) is 14.9 Å². The first-order valence-electron chi connectivity index (χ1n) is 6.68. The average Bonchev–Trinajstić information content (AvgIpc) is 2.71. The fraction of sp³-hybridized carbons (Fsp3) is 0.500. The van der Waals surface area contributed by atoms with Crippen LogP contribution in [0.1, 0.15) is 29.9 Å². The monoisotopic (exact) mass is 276 g/mol. The molecule has 0 aliphatic carbocycles. The number of aromatic nitrogens is 3. The molecule has 0 aromatic carbocycles. The summed E-state index contributed by atoms with van der Waals surface area (Å²) in [4.78, 5) is 21.5. The van der Waals surface area contributed by atoms with Crippen molar-refractivity contribution in [2.24, 2.45) is 0 Å². The molecule has 2 aromatic rings. The van der Waals surface area contributed by atoms with Crippen LogP contribution >= 0.6 is 0 Å². The minimum atomic E-state index is -0.749. The van der Waals surface area contributed by atoms with Crippen molar-refractivity contribution in [3.63, 3.8) is 0 Å². The van der Waals surface area contributed by atoms with Gasteiger partial charge in [0.05, 0.1) is 5.69 Å². The predicted octanol–water partition coefficient (Wildman–Crippen LogP) is 1.64. The number of aryl methyl sites for hydroxylation is 2. The minimum Gasteiger partial charge on any atom is -0.481 e. The fourth-order valence-corrected chi connectivity index (χ4v) is 2.25. The van der Waals surface area contributed by atoms with Gasteiger partial charge < -0.3 is 10.0 Å². The first-order valence-corrected chi connectivity index (χ1v) is 6.68. The van der Waals surface area contributed by atoms with Crippen LogP contribution in [0, 0.1) is 13.8 Å². The maximum atomic E-state index is 10.5. The molecule has 0 fully saturated rings. The van der Waals surface area contributed by atoms with Gasteiger partial charge in [-0.05, 0) is 39.9 Å². The largest absolute Gasteiger partial charge is 0.481 e. The highest BCUT2D eigenvalue weighted by atomic mass is 16.4. The van der Waals surface area contributed by atoms with Gasteiger partial charge in [-0.1, -0.05) is 0 Å². The molecule has 0 amide bonds. The van der Waals surface area contributed by atoms with Gasteiger partial charge in [-0.2, -0.15) is 0 Å². The lowest BCUT2D eigenvalue weighted by atomic mass is 10.3. The van der Waals surface area contributed by atoms with Crippen molar-refractivity contribution in [2.75, 3.05) is 13.6 Å². The summed E-state index contributed by atoms with van der Waals surface area (Å²) in [7, 11) is 1.97. The van der Waals surface area contributed by atoms with Crippen LogP contribution in [0.15, 0.2) is 12.3 Å². The van der Waals surface area contributed by atoms with Crippen molar-refractivity contribution in [3.8, 4) is 0 Å². The third-order valence-electron chi connectivity index (χ3n) is 3.17. The summed E-state index contributed by atoms with van der Waals surface area (Å²) >= 11 is 0. The third kappa shape index (κ3) is 3.54. The number of imidazole rings is 1. The van der Waals surface area contributed by atoms with E-state index in [1.807, 2.05) is 37.6 Å². The van der Waals surface area contributed by atoms with Gasteiger partial charge in [0.1, 0.15) is 0 Å². The molecule has 0 aliphatic heterocycles. The summed E-state index contributed by atoms with van der Waals surface area (Å²) in [6.45, 7) is 5.43.